The Hall–Kier alpha value is -1.21. The molecule has 1 unspecified atom stereocenters. The van der Waals surface area contributed by atoms with E-state index in [0.717, 1.165) is 25.5 Å². The maximum absolute atomic E-state index is 10.6. The van der Waals surface area contributed by atoms with Gasteiger partial charge in [-0.25, -0.2) is 4.98 Å². The highest BCUT2D eigenvalue weighted by molar-refractivity contribution is 9.10. The Morgan fingerprint density at radius 3 is 3.06 bits per heavy atom. The number of hydrogen-bond donors (Lipinski definition) is 1. The van der Waals surface area contributed by atoms with Gasteiger partial charge in [0.1, 0.15) is 12.0 Å². The molecule has 92 valence electrons. The van der Waals surface area contributed by atoms with Crippen LogP contribution < -0.4 is 10.2 Å². The van der Waals surface area contributed by atoms with Crippen LogP contribution in [-0.2, 0) is 0 Å². The zero-order valence-electron chi connectivity index (χ0n) is 9.39. The number of piperazine rings is 1. The van der Waals surface area contributed by atoms with Crippen molar-refractivity contribution in [2.24, 2.45) is 0 Å². The van der Waals surface area contributed by atoms with E-state index < -0.39 is 4.92 Å². The molecule has 0 amide bonds. The quantitative estimate of drug-likeness (QED) is 0.663. The Balaban J connectivity index is 2.29. The van der Waals surface area contributed by atoms with Crippen LogP contribution in [0.3, 0.4) is 0 Å². The third kappa shape index (κ3) is 2.55. The number of pyridine rings is 1. The topological polar surface area (TPSA) is 71.3 Å². The van der Waals surface area contributed by atoms with Crippen LogP contribution in [0, 0.1) is 10.1 Å². The lowest BCUT2D eigenvalue weighted by molar-refractivity contribution is -0.385. The average molecular weight is 301 g/mol. The first-order chi connectivity index (χ1) is 8.09. The van der Waals surface area contributed by atoms with Gasteiger partial charge in [-0.2, -0.15) is 0 Å². The molecule has 7 heteroatoms. The molecule has 1 fully saturated rings. The molecule has 2 heterocycles. The van der Waals surface area contributed by atoms with Crippen LogP contribution in [-0.4, -0.2) is 35.6 Å². The van der Waals surface area contributed by atoms with Gasteiger partial charge in [0.25, 0.3) is 5.69 Å². The van der Waals surface area contributed by atoms with Crippen LogP contribution in [0.2, 0.25) is 0 Å². The fourth-order valence-corrected chi connectivity index (χ4v) is 2.45. The molecule has 0 spiro atoms. The Morgan fingerprint density at radius 2 is 2.47 bits per heavy atom. The molecule has 1 aliphatic rings. The van der Waals surface area contributed by atoms with Crippen molar-refractivity contribution in [1.29, 1.82) is 0 Å². The Morgan fingerprint density at radius 1 is 1.71 bits per heavy atom. The molecule has 0 saturated carbocycles. The lowest BCUT2D eigenvalue weighted by Crippen LogP contribution is -2.50. The van der Waals surface area contributed by atoms with Crippen molar-refractivity contribution in [3.05, 3.63) is 26.9 Å². The third-order valence-corrected chi connectivity index (χ3v) is 3.38. The van der Waals surface area contributed by atoms with Crippen LogP contribution in [0.4, 0.5) is 11.5 Å². The maximum Gasteiger partial charge on any atom is 0.288 e. The number of hydrogen-bond acceptors (Lipinski definition) is 5. The van der Waals surface area contributed by atoms with Gasteiger partial charge in [-0.05, 0) is 22.9 Å². The molecule has 1 N–H and O–H groups in total. The van der Waals surface area contributed by atoms with Crippen molar-refractivity contribution < 1.29 is 4.92 Å². The molecule has 2 rings (SSSR count). The molecule has 1 aromatic heterocycles. The fourth-order valence-electron chi connectivity index (χ4n) is 1.89. The zero-order valence-corrected chi connectivity index (χ0v) is 11.0. The van der Waals surface area contributed by atoms with Crippen molar-refractivity contribution in [3.8, 4) is 0 Å². The molecule has 0 aliphatic carbocycles. The highest BCUT2D eigenvalue weighted by Crippen LogP contribution is 2.28. The van der Waals surface area contributed by atoms with Crippen LogP contribution in [0.1, 0.15) is 6.92 Å². The highest BCUT2D eigenvalue weighted by Gasteiger charge is 2.22. The molecule has 1 aliphatic heterocycles. The van der Waals surface area contributed by atoms with E-state index in [1.807, 2.05) is 0 Å². The summed E-state index contributed by atoms with van der Waals surface area (Å²) in [5.74, 6) is 0.768. The Bertz CT molecular complexity index is 440. The van der Waals surface area contributed by atoms with E-state index in [1.54, 1.807) is 0 Å². The summed E-state index contributed by atoms with van der Waals surface area (Å²) in [6.45, 7) is 4.74. The van der Waals surface area contributed by atoms with Crippen LogP contribution in [0.25, 0.3) is 0 Å². The molecule has 1 saturated heterocycles. The van der Waals surface area contributed by atoms with Crippen molar-refractivity contribution >= 4 is 27.4 Å². The summed E-state index contributed by atoms with van der Waals surface area (Å²) in [6, 6.07) is 1.82. The lowest BCUT2D eigenvalue weighted by Gasteiger charge is -2.35. The minimum Gasteiger partial charge on any atom is -0.350 e. The summed E-state index contributed by atoms with van der Waals surface area (Å²) >= 11 is 3.35. The molecular weight excluding hydrogens is 288 g/mol. The van der Waals surface area contributed by atoms with Crippen LogP contribution in [0.5, 0.6) is 0 Å². The first-order valence-electron chi connectivity index (χ1n) is 5.37. The minimum absolute atomic E-state index is 0.00316. The smallest absolute Gasteiger partial charge is 0.288 e. The van der Waals surface area contributed by atoms with E-state index in [0.29, 0.717) is 10.5 Å². The van der Waals surface area contributed by atoms with E-state index >= 15 is 0 Å². The van der Waals surface area contributed by atoms with E-state index in [9.17, 15) is 10.1 Å². The first kappa shape index (κ1) is 12.3. The highest BCUT2D eigenvalue weighted by atomic mass is 79.9. The number of nitrogens with zero attached hydrogens (tertiary/aromatic N) is 3. The molecule has 17 heavy (non-hydrogen) atoms. The summed E-state index contributed by atoms with van der Waals surface area (Å²) < 4.78 is 0.667. The van der Waals surface area contributed by atoms with Gasteiger partial charge in [-0.15, -0.1) is 0 Å². The molecule has 0 aromatic carbocycles. The van der Waals surface area contributed by atoms with Gasteiger partial charge >= 0.3 is 0 Å². The van der Waals surface area contributed by atoms with Gasteiger partial charge in [0, 0.05) is 31.7 Å². The molecule has 6 nitrogen and oxygen atoms in total. The maximum atomic E-state index is 10.6. The first-order valence-corrected chi connectivity index (χ1v) is 6.16. The predicted molar refractivity (Wildman–Crippen MR) is 68.3 cm³/mol. The third-order valence-electron chi connectivity index (χ3n) is 2.79. The number of aromatic nitrogens is 1. The summed E-state index contributed by atoms with van der Waals surface area (Å²) in [5, 5.41) is 13.9. The van der Waals surface area contributed by atoms with E-state index in [1.165, 1.54) is 12.3 Å². The summed E-state index contributed by atoms with van der Waals surface area (Å²) in [5.41, 5.74) is 0.00316. The molecule has 1 atom stereocenters. The van der Waals surface area contributed by atoms with Crippen molar-refractivity contribution in [2.75, 3.05) is 24.5 Å². The molecular formula is C10H13BrN4O2. The second-order valence-electron chi connectivity index (χ2n) is 4.00. The number of nitrogens with one attached hydrogen (secondary N) is 1. The van der Waals surface area contributed by atoms with E-state index in [4.69, 9.17) is 0 Å². The van der Waals surface area contributed by atoms with E-state index in [2.05, 4.69) is 38.1 Å². The second kappa shape index (κ2) is 4.97. The van der Waals surface area contributed by atoms with Gasteiger partial charge in [0.05, 0.1) is 9.40 Å². The largest absolute Gasteiger partial charge is 0.350 e. The summed E-state index contributed by atoms with van der Waals surface area (Å²) in [7, 11) is 0. The molecule has 0 bridgehead atoms. The summed E-state index contributed by atoms with van der Waals surface area (Å²) in [6.07, 6.45) is 1.30. The lowest BCUT2D eigenvalue weighted by atomic mass is 10.2. The fraction of sp³-hybridized carbons (Fsp3) is 0.500. The number of rotatable bonds is 2. The summed E-state index contributed by atoms with van der Waals surface area (Å²) in [4.78, 5) is 16.5. The standard InChI is InChI=1S/C10H13BrN4O2/c1-7-5-12-2-3-14(7)10-9(11)4-8(6-13-10)15(16)17/h4,6-7,12H,2-3,5H2,1H3. The number of nitro groups is 1. The van der Waals surface area contributed by atoms with Gasteiger partial charge < -0.3 is 10.2 Å². The van der Waals surface area contributed by atoms with E-state index in [-0.39, 0.29) is 5.69 Å². The van der Waals surface area contributed by atoms with Gasteiger partial charge in [0.15, 0.2) is 0 Å². The van der Waals surface area contributed by atoms with Gasteiger partial charge in [0.2, 0.25) is 0 Å². The van der Waals surface area contributed by atoms with Crippen LogP contribution >= 0.6 is 15.9 Å². The molecule has 0 radical (unpaired) electrons. The van der Waals surface area contributed by atoms with Gasteiger partial charge in [-0.3, -0.25) is 10.1 Å². The normalized spacial score (nSPS) is 20.4. The number of anilines is 1. The molecule has 1 aromatic rings. The number of halogens is 1. The van der Waals surface area contributed by atoms with Crippen molar-refractivity contribution in [2.45, 2.75) is 13.0 Å². The van der Waals surface area contributed by atoms with Crippen LogP contribution in [0.15, 0.2) is 16.7 Å². The zero-order chi connectivity index (χ0) is 12.4. The Labute approximate surface area is 107 Å². The van der Waals surface area contributed by atoms with Crippen molar-refractivity contribution in [3.63, 3.8) is 0 Å². The second-order valence-corrected chi connectivity index (χ2v) is 4.86. The minimum atomic E-state index is -0.442. The average Bonchev–Trinajstić information content (AvgIpc) is 2.30. The van der Waals surface area contributed by atoms with Gasteiger partial charge in [-0.1, -0.05) is 0 Å². The SMILES string of the molecule is CC1CNCCN1c1ncc([N+](=O)[O-])cc1Br. The Kier molecular flexibility index (Phi) is 3.58. The monoisotopic (exact) mass is 300 g/mol. The predicted octanol–water partition coefficient (Wildman–Crippen LogP) is 1.55. The van der Waals surface area contributed by atoms with Crippen molar-refractivity contribution in [1.82, 2.24) is 10.3 Å².